The van der Waals surface area contributed by atoms with Crippen LogP contribution in [0.15, 0.2) is 30.3 Å². The van der Waals surface area contributed by atoms with Crippen LogP contribution >= 0.6 is 11.8 Å². The van der Waals surface area contributed by atoms with E-state index in [1.807, 2.05) is 0 Å². The number of hydrogen-bond donors (Lipinski definition) is 1. The predicted octanol–water partition coefficient (Wildman–Crippen LogP) is -3.70. The molecule has 2 amide bonds. The van der Waals surface area contributed by atoms with Gasteiger partial charge in [-0.1, -0.05) is 30.3 Å². The number of methoxy groups -OCH3 is 1. The molecule has 0 spiro atoms. The third kappa shape index (κ3) is 6.82. The number of benzene rings is 1. The third-order valence-electron chi connectivity index (χ3n) is 3.67. The largest absolute Gasteiger partial charge is 1.00 e. The van der Waals surface area contributed by atoms with Crippen LogP contribution in [0.25, 0.3) is 0 Å². The van der Waals surface area contributed by atoms with Gasteiger partial charge in [0, 0.05) is 5.75 Å². The molecule has 0 saturated carbocycles. The van der Waals surface area contributed by atoms with Crippen molar-refractivity contribution in [3.63, 3.8) is 0 Å². The van der Waals surface area contributed by atoms with Crippen LogP contribution in [0.3, 0.4) is 0 Å². The van der Waals surface area contributed by atoms with Gasteiger partial charge in [0.15, 0.2) is 10.3 Å². The summed E-state index contributed by atoms with van der Waals surface area (Å²) in [5.74, 6) is -2.07. The van der Waals surface area contributed by atoms with Crippen molar-refractivity contribution < 1.29 is 83.5 Å². The van der Waals surface area contributed by atoms with E-state index in [4.69, 9.17) is 0 Å². The summed E-state index contributed by atoms with van der Waals surface area (Å²) in [7, 11) is -3.79. The van der Waals surface area contributed by atoms with Gasteiger partial charge in [0.05, 0.1) is 25.3 Å². The molecule has 1 N–H and O–H groups in total. The number of thioether (sulfide) groups is 1. The molecule has 12 heteroatoms. The van der Waals surface area contributed by atoms with Crippen LogP contribution in [0, 0.1) is 0 Å². The quantitative estimate of drug-likeness (QED) is 0.189. The normalized spacial score (nSPS) is 18.9. The number of β-lactam (4-membered cyclic amide) rings is 1. The summed E-state index contributed by atoms with van der Waals surface area (Å²) >= 11 is 1.00. The Balaban J connectivity index is 0.00000364. The van der Waals surface area contributed by atoms with Gasteiger partial charge in [0.25, 0.3) is 5.91 Å². The SMILES string of the molecule is COC(=O)CSC[C@H]1[C@H](NC(=O)Cc2ccccc2)C(=O)N1S(=O)(=O)[O-].[K+]. The summed E-state index contributed by atoms with van der Waals surface area (Å²) in [6.45, 7) is 0. The Morgan fingerprint density at radius 1 is 1.30 bits per heavy atom. The summed E-state index contributed by atoms with van der Waals surface area (Å²) in [4.78, 5) is 35.2. The minimum atomic E-state index is -5.00. The van der Waals surface area contributed by atoms with Gasteiger partial charge in [-0.15, -0.1) is 11.8 Å². The monoisotopic (exact) mass is 440 g/mol. The fourth-order valence-corrected chi connectivity index (χ4v) is 4.39. The number of ether oxygens (including phenoxy) is 1. The van der Waals surface area contributed by atoms with Gasteiger partial charge >= 0.3 is 57.4 Å². The second-order valence-electron chi connectivity index (χ2n) is 5.46. The first-order valence-corrected chi connectivity index (χ1v) is 10.0. The molecule has 0 aromatic heterocycles. The van der Waals surface area contributed by atoms with Gasteiger partial charge in [-0.05, 0) is 5.56 Å². The zero-order valence-electron chi connectivity index (χ0n) is 14.8. The topological polar surface area (TPSA) is 133 Å². The number of carbonyl (C=O) groups excluding carboxylic acids is 3. The van der Waals surface area contributed by atoms with Crippen molar-refractivity contribution in [2.45, 2.75) is 18.5 Å². The van der Waals surface area contributed by atoms with Crippen molar-refractivity contribution in [1.29, 1.82) is 0 Å². The summed E-state index contributed by atoms with van der Waals surface area (Å²) in [5, 5.41) is 2.46. The van der Waals surface area contributed by atoms with E-state index in [2.05, 4.69) is 10.1 Å². The van der Waals surface area contributed by atoms with Crippen molar-refractivity contribution in [3.05, 3.63) is 35.9 Å². The Hall–Kier alpha value is -0.474. The van der Waals surface area contributed by atoms with E-state index in [-0.39, 0.29) is 73.6 Å². The number of amides is 2. The van der Waals surface area contributed by atoms with E-state index in [0.29, 0.717) is 0 Å². The molecule has 0 unspecified atom stereocenters. The van der Waals surface area contributed by atoms with E-state index in [1.54, 1.807) is 30.3 Å². The number of nitrogens with one attached hydrogen (secondary N) is 1. The van der Waals surface area contributed by atoms with Crippen LogP contribution in [0.1, 0.15) is 5.56 Å². The summed E-state index contributed by atoms with van der Waals surface area (Å²) in [5.41, 5.74) is 0.724. The zero-order chi connectivity index (χ0) is 19.3. The number of rotatable bonds is 8. The Morgan fingerprint density at radius 2 is 1.93 bits per heavy atom. The molecule has 1 heterocycles. The van der Waals surface area contributed by atoms with Gasteiger partial charge in [-0.3, -0.25) is 14.4 Å². The van der Waals surface area contributed by atoms with E-state index >= 15 is 0 Å². The molecule has 1 aliphatic heterocycles. The number of esters is 1. The van der Waals surface area contributed by atoms with Crippen LogP contribution in [-0.2, 0) is 35.8 Å². The Morgan fingerprint density at radius 3 is 2.48 bits per heavy atom. The molecule has 1 aromatic rings. The Bertz CT molecular complexity index is 789. The van der Waals surface area contributed by atoms with Crippen LogP contribution in [0.2, 0.25) is 0 Å². The van der Waals surface area contributed by atoms with Crippen molar-refractivity contribution >= 4 is 39.8 Å². The van der Waals surface area contributed by atoms with Crippen LogP contribution in [-0.4, -0.2) is 65.8 Å². The molecule has 1 fully saturated rings. The summed E-state index contributed by atoms with van der Waals surface area (Å²) in [6, 6.07) is 6.62. The van der Waals surface area contributed by atoms with Crippen molar-refractivity contribution in [2.24, 2.45) is 0 Å². The molecule has 1 aromatic carbocycles. The van der Waals surface area contributed by atoms with Gasteiger partial charge in [0.1, 0.15) is 6.04 Å². The molecule has 27 heavy (non-hydrogen) atoms. The van der Waals surface area contributed by atoms with Gasteiger partial charge < -0.3 is 14.6 Å². The molecule has 1 saturated heterocycles. The third-order valence-corrected chi connectivity index (χ3v) is 5.62. The average Bonchev–Trinajstić information content (AvgIpc) is 2.58. The predicted molar refractivity (Wildman–Crippen MR) is 91.7 cm³/mol. The fourth-order valence-electron chi connectivity index (χ4n) is 2.44. The average molecular weight is 441 g/mol. The first kappa shape index (κ1) is 24.6. The van der Waals surface area contributed by atoms with E-state index < -0.39 is 40.2 Å². The first-order valence-electron chi connectivity index (χ1n) is 7.51. The van der Waals surface area contributed by atoms with E-state index in [9.17, 15) is 27.4 Å². The molecule has 142 valence electrons. The van der Waals surface area contributed by atoms with Crippen molar-refractivity contribution in [3.8, 4) is 0 Å². The number of nitrogens with zero attached hydrogens (tertiary/aromatic N) is 1. The molecule has 1 aliphatic rings. The Labute approximate surface area is 203 Å². The Kier molecular flexibility index (Phi) is 9.92. The molecule has 0 aliphatic carbocycles. The van der Waals surface area contributed by atoms with Crippen LogP contribution in [0.5, 0.6) is 0 Å². The first-order chi connectivity index (χ1) is 12.2. The zero-order valence-corrected chi connectivity index (χ0v) is 19.5. The fraction of sp³-hybridized carbons (Fsp3) is 0.400. The summed E-state index contributed by atoms with van der Waals surface area (Å²) < 4.78 is 38.4. The van der Waals surface area contributed by atoms with Gasteiger partial charge in [-0.25, -0.2) is 12.7 Å². The molecule has 0 bridgehead atoms. The summed E-state index contributed by atoms with van der Waals surface area (Å²) in [6.07, 6.45) is 0.0107. The van der Waals surface area contributed by atoms with Gasteiger partial charge in [0.2, 0.25) is 5.91 Å². The van der Waals surface area contributed by atoms with E-state index in [0.717, 1.165) is 17.3 Å². The standard InChI is InChI=1S/C15H18N2O7S2.K/c1-24-13(19)9-25-8-11-14(15(20)17(11)26(21,22)23)16-12(18)7-10-5-3-2-4-6-10;/h2-6,11,14H,7-9H2,1H3,(H,16,18)(H,21,22,23);/q;+1/p-1/t11-,14-;/m0./s1. The molecule has 2 rings (SSSR count). The molecule has 2 atom stereocenters. The minimum absolute atomic E-state index is 0. The number of hydrogen-bond acceptors (Lipinski definition) is 8. The van der Waals surface area contributed by atoms with Crippen molar-refractivity contribution in [2.75, 3.05) is 18.6 Å². The van der Waals surface area contributed by atoms with E-state index in [1.165, 1.54) is 7.11 Å². The second-order valence-corrected chi connectivity index (χ2v) is 7.74. The minimum Gasteiger partial charge on any atom is -0.731 e. The molecular weight excluding hydrogens is 423 g/mol. The smallest absolute Gasteiger partial charge is 0.731 e. The maximum absolute atomic E-state index is 12.1. The maximum Gasteiger partial charge on any atom is 1.00 e. The maximum atomic E-state index is 12.1. The molecule has 9 nitrogen and oxygen atoms in total. The second kappa shape index (κ2) is 10.9. The van der Waals surface area contributed by atoms with Crippen LogP contribution in [0.4, 0.5) is 0 Å². The molecule has 0 radical (unpaired) electrons. The number of carbonyl (C=O) groups is 3. The molecular formula is C15H17KN2O7S2. The van der Waals surface area contributed by atoms with Crippen LogP contribution < -0.4 is 56.7 Å². The van der Waals surface area contributed by atoms with Crippen molar-refractivity contribution in [1.82, 2.24) is 9.62 Å². The van der Waals surface area contributed by atoms with Gasteiger partial charge in [-0.2, -0.15) is 0 Å².